The lowest BCUT2D eigenvalue weighted by Crippen LogP contribution is -2.31. The summed E-state index contributed by atoms with van der Waals surface area (Å²) in [6, 6.07) is 9.89. The van der Waals surface area contributed by atoms with Gasteiger partial charge in [-0.1, -0.05) is 23.7 Å². The zero-order valence-electron chi connectivity index (χ0n) is 14.1. The molecule has 1 amide bonds. The summed E-state index contributed by atoms with van der Waals surface area (Å²) >= 11 is 5.73. The first-order valence-corrected chi connectivity index (χ1v) is 8.80. The van der Waals surface area contributed by atoms with Crippen LogP contribution in [0.1, 0.15) is 28.9 Å². The maximum atomic E-state index is 14.0. The lowest BCUT2D eigenvalue weighted by atomic mass is 9.92. The minimum atomic E-state index is -0.718. The van der Waals surface area contributed by atoms with Gasteiger partial charge in [0.2, 0.25) is 0 Å². The van der Waals surface area contributed by atoms with Crippen molar-refractivity contribution in [3.8, 4) is 0 Å². The molecule has 1 aromatic carbocycles. The number of pyridine rings is 1. The Morgan fingerprint density at radius 3 is 2.76 bits per heavy atom. The van der Waals surface area contributed by atoms with Crippen molar-refractivity contribution in [2.75, 3.05) is 25.5 Å². The summed E-state index contributed by atoms with van der Waals surface area (Å²) in [6.07, 6.45) is 3.20. The number of hydrogen-bond acceptors (Lipinski definition) is 3. The fourth-order valence-electron chi connectivity index (χ4n) is 3.09. The lowest BCUT2D eigenvalue weighted by molar-refractivity contribution is 0.102. The van der Waals surface area contributed by atoms with E-state index in [-0.39, 0.29) is 10.6 Å². The summed E-state index contributed by atoms with van der Waals surface area (Å²) in [5.74, 6) is -0.233. The van der Waals surface area contributed by atoms with Crippen LogP contribution < -0.4 is 5.32 Å². The third-order valence-electron chi connectivity index (χ3n) is 4.58. The van der Waals surface area contributed by atoms with Crippen molar-refractivity contribution >= 4 is 23.3 Å². The number of carbonyl (C=O) groups excluding carboxylic acids is 1. The van der Waals surface area contributed by atoms with Gasteiger partial charge in [0, 0.05) is 5.69 Å². The minimum Gasteiger partial charge on any atom is -0.306 e. The number of anilines is 1. The van der Waals surface area contributed by atoms with Crippen LogP contribution in [-0.4, -0.2) is 35.9 Å². The lowest BCUT2D eigenvalue weighted by Gasteiger charge is -2.28. The number of hydrogen-bond donors (Lipinski definition) is 1. The molecule has 1 N–H and O–H groups in total. The molecule has 4 nitrogen and oxygen atoms in total. The van der Waals surface area contributed by atoms with Gasteiger partial charge in [-0.05, 0) is 69.6 Å². The van der Waals surface area contributed by atoms with Crippen molar-refractivity contribution in [2.24, 2.45) is 5.92 Å². The second-order valence-electron chi connectivity index (χ2n) is 6.52. The van der Waals surface area contributed by atoms with Crippen LogP contribution in [-0.2, 0) is 6.42 Å². The molecule has 0 saturated carbocycles. The van der Waals surface area contributed by atoms with Gasteiger partial charge in [-0.3, -0.25) is 4.79 Å². The SMILES string of the molecule is CN1CCC(Cc2cccc(NC(=O)c3cccc(Cl)c3F)n2)CC1. The Hall–Kier alpha value is -1.98. The molecule has 2 aromatic rings. The molecule has 0 spiro atoms. The van der Waals surface area contributed by atoms with Crippen molar-refractivity contribution < 1.29 is 9.18 Å². The fourth-order valence-corrected chi connectivity index (χ4v) is 3.26. The number of halogens is 2. The molecular weight excluding hydrogens is 341 g/mol. The molecule has 3 rings (SSSR count). The molecule has 132 valence electrons. The second-order valence-corrected chi connectivity index (χ2v) is 6.93. The van der Waals surface area contributed by atoms with Gasteiger partial charge in [0.1, 0.15) is 5.82 Å². The number of nitrogens with one attached hydrogen (secondary N) is 1. The Bertz CT molecular complexity index is 760. The Morgan fingerprint density at radius 2 is 2.00 bits per heavy atom. The molecule has 1 saturated heterocycles. The number of aromatic nitrogens is 1. The van der Waals surface area contributed by atoms with E-state index >= 15 is 0 Å². The normalized spacial score (nSPS) is 16.0. The van der Waals surface area contributed by atoms with E-state index < -0.39 is 11.7 Å². The highest BCUT2D eigenvalue weighted by molar-refractivity contribution is 6.31. The van der Waals surface area contributed by atoms with Crippen molar-refractivity contribution in [3.63, 3.8) is 0 Å². The smallest absolute Gasteiger partial charge is 0.259 e. The summed E-state index contributed by atoms with van der Waals surface area (Å²) in [5, 5.41) is 2.58. The van der Waals surface area contributed by atoms with E-state index in [1.807, 2.05) is 12.1 Å². The highest BCUT2D eigenvalue weighted by Crippen LogP contribution is 2.22. The van der Waals surface area contributed by atoms with Crippen LogP contribution in [0.25, 0.3) is 0 Å². The largest absolute Gasteiger partial charge is 0.306 e. The number of piperidine rings is 1. The molecule has 2 heterocycles. The van der Waals surface area contributed by atoms with Crippen LogP contribution in [0, 0.1) is 11.7 Å². The predicted molar refractivity (Wildman–Crippen MR) is 97.5 cm³/mol. The monoisotopic (exact) mass is 361 g/mol. The molecule has 25 heavy (non-hydrogen) atoms. The van der Waals surface area contributed by atoms with Crippen LogP contribution in [0.3, 0.4) is 0 Å². The molecule has 0 aliphatic carbocycles. The Kier molecular flexibility index (Phi) is 5.66. The summed E-state index contributed by atoms with van der Waals surface area (Å²) in [6.45, 7) is 2.21. The van der Waals surface area contributed by atoms with Crippen molar-refractivity contribution in [2.45, 2.75) is 19.3 Å². The summed E-state index contributed by atoms with van der Waals surface area (Å²) in [5.41, 5.74) is 0.855. The number of rotatable bonds is 4. The maximum absolute atomic E-state index is 14.0. The summed E-state index contributed by atoms with van der Waals surface area (Å²) in [4.78, 5) is 19.1. The van der Waals surface area contributed by atoms with Gasteiger partial charge in [0.05, 0.1) is 10.6 Å². The zero-order valence-corrected chi connectivity index (χ0v) is 14.9. The van der Waals surface area contributed by atoms with Gasteiger partial charge >= 0.3 is 0 Å². The standard InChI is InChI=1S/C19H21ClFN3O/c1-24-10-8-13(9-11-24)12-14-4-2-7-17(22-14)23-19(25)15-5-3-6-16(20)18(15)21/h2-7,13H,8-12H2,1H3,(H,22,23,25). The molecule has 1 fully saturated rings. The molecule has 0 unspecified atom stereocenters. The number of amides is 1. The van der Waals surface area contributed by atoms with E-state index in [0.29, 0.717) is 11.7 Å². The number of carbonyl (C=O) groups is 1. The topological polar surface area (TPSA) is 45.2 Å². The van der Waals surface area contributed by atoms with Crippen molar-refractivity contribution in [1.29, 1.82) is 0 Å². The Morgan fingerprint density at radius 1 is 1.28 bits per heavy atom. The van der Waals surface area contributed by atoms with Gasteiger partial charge in [-0.25, -0.2) is 9.37 Å². The highest BCUT2D eigenvalue weighted by Gasteiger charge is 2.18. The minimum absolute atomic E-state index is 0.0726. The van der Waals surface area contributed by atoms with Crippen LogP contribution >= 0.6 is 11.6 Å². The summed E-state index contributed by atoms with van der Waals surface area (Å²) in [7, 11) is 2.14. The van der Waals surface area contributed by atoms with Crippen molar-refractivity contribution in [3.05, 3.63) is 58.5 Å². The molecule has 0 atom stereocenters. The number of nitrogens with zero attached hydrogens (tertiary/aromatic N) is 2. The first-order valence-electron chi connectivity index (χ1n) is 8.43. The Labute approximate surface area is 152 Å². The molecule has 0 radical (unpaired) electrons. The third kappa shape index (κ3) is 4.55. The predicted octanol–water partition coefficient (Wildman–Crippen LogP) is 4.01. The summed E-state index contributed by atoms with van der Waals surface area (Å²) < 4.78 is 14.0. The Balaban J connectivity index is 1.67. The van der Waals surface area contributed by atoms with E-state index in [9.17, 15) is 9.18 Å². The van der Waals surface area contributed by atoms with Crippen molar-refractivity contribution in [1.82, 2.24) is 9.88 Å². The van der Waals surface area contributed by atoms with Gasteiger partial charge in [-0.2, -0.15) is 0 Å². The van der Waals surface area contributed by atoms with E-state index in [2.05, 4.69) is 22.2 Å². The van der Waals surface area contributed by atoms with E-state index in [1.54, 1.807) is 12.1 Å². The van der Waals surface area contributed by atoms with E-state index in [0.717, 1.165) is 38.0 Å². The van der Waals surface area contributed by atoms with Gasteiger partial charge < -0.3 is 10.2 Å². The van der Waals surface area contributed by atoms with Gasteiger partial charge in [0.25, 0.3) is 5.91 Å². The van der Waals surface area contributed by atoms with E-state index in [1.165, 1.54) is 12.1 Å². The van der Waals surface area contributed by atoms with Crippen LogP contribution in [0.4, 0.5) is 10.2 Å². The fraction of sp³-hybridized carbons (Fsp3) is 0.368. The number of likely N-dealkylation sites (tertiary alicyclic amines) is 1. The molecular formula is C19H21ClFN3O. The molecule has 1 aliphatic heterocycles. The van der Waals surface area contributed by atoms with E-state index in [4.69, 9.17) is 11.6 Å². The third-order valence-corrected chi connectivity index (χ3v) is 4.87. The average molecular weight is 362 g/mol. The average Bonchev–Trinajstić information content (AvgIpc) is 2.59. The maximum Gasteiger partial charge on any atom is 0.259 e. The van der Waals surface area contributed by atoms with Crippen LogP contribution in [0.5, 0.6) is 0 Å². The first kappa shape index (κ1) is 17.8. The number of benzene rings is 1. The first-order chi connectivity index (χ1) is 12.0. The quantitative estimate of drug-likeness (QED) is 0.894. The van der Waals surface area contributed by atoms with Crippen LogP contribution in [0.2, 0.25) is 5.02 Å². The zero-order chi connectivity index (χ0) is 17.8. The second kappa shape index (κ2) is 7.93. The highest BCUT2D eigenvalue weighted by atomic mass is 35.5. The molecule has 0 bridgehead atoms. The van der Waals surface area contributed by atoms with Gasteiger partial charge in [0.15, 0.2) is 5.82 Å². The van der Waals surface area contributed by atoms with Crippen LogP contribution in [0.15, 0.2) is 36.4 Å². The molecule has 6 heteroatoms. The molecule has 1 aliphatic rings. The molecule has 1 aromatic heterocycles. The van der Waals surface area contributed by atoms with Gasteiger partial charge in [-0.15, -0.1) is 0 Å².